The van der Waals surface area contributed by atoms with Gasteiger partial charge in [0.1, 0.15) is 12.4 Å². The van der Waals surface area contributed by atoms with E-state index >= 15 is 0 Å². The molecule has 0 radical (unpaired) electrons. The molecule has 4 rings (SSSR count). The van der Waals surface area contributed by atoms with Gasteiger partial charge in [0.15, 0.2) is 5.82 Å². The second-order valence-corrected chi connectivity index (χ2v) is 7.04. The maximum Gasteiger partial charge on any atom is 0.292 e. The molecule has 0 bridgehead atoms. The fraction of sp³-hybridized carbons (Fsp3) is 0.0476. The largest absolute Gasteiger partial charge is 0.361 e. The summed E-state index contributed by atoms with van der Waals surface area (Å²) < 4.78 is 3.68. The van der Waals surface area contributed by atoms with Crippen molar-refractivity contribution in [2.45, 2.75) is 6.67 Å². The van der Waals surface area contributed by atoms with E-state index in [1.807, 2.05) is 30.3 Å². The van der Waals surface area contributed by atoms with Crippen molar-refractivity contribution in [1.29, 1.82) is 0 Å². The number of nitrogens with one attached hydrogen (secondary N) is 1. The highest BCUT2D eigenvalue weighted by Crippen LogP contribution is 2.26. The number of hydrogen-bond donors (Lipinski definition) is 1. The number of anilines is 1. The van der Waals surface area contributed by atoms with E-state index in [4.69, 9.17) is 12.2 Å². The zero-order valence-corrected chi connectivity index (χ0v) is 17.3. The normalized spacial score (nSPS) is 10.6. The molecule has 0 spiro atoms. The van der Waals surface area contributed by atoms with E-state index in [1.165, 1.54) is 18.2 Å². The van der Waals surface area contributed by atoms with Crippen molar-refractivity contribution >= 4 is 29.3 Å². The Morgan fingerprint density at radius 3 is 2.19 bits per heavy atom. The van der Waals surface area contributed by atoms with Crippen LogP contribution in [0.15, 0.2) is 78.9 Å². The highest BCUT2D eigenvalue weighted by molar-refractivity contribution is 7.71. The summed E-state index contributed by atoms with van der Waals surface area (Å²) in [5.74, 6) is 0.487. The molecule has 1 heterocycles. The molecular weight excluding hydrogens is 432 g/mol. The maximum atomic E-state index is 11.3. The summed E-state index contributed by atoms with van der Waals surface area (Å²) in [6, 6.07) is 21.7. The number of nitrogens with zero attached hydrogens (tertiary/aromatic N) is 5. The predicted octanol–water partition coefficient (Wildman–Crippen LogP) is 4.96. The number of nitro benzene ring substituents is 2. The molecule has 10 nitrogen and oxygen atoms in total. The van der Waals surface area contributed by atoms with Crippen LogP contribution in [-0.2, 0) is 6.67 Å². The minimum atomic E-state index is -0.469. The lowest BCUT2D eigenvalue weighted by atomic mass is 10.2. The van der Waals surface area contributed by atoms with Gasteiger partial charge < -0.3 is 5.32 Å². The minimum absolute atomic E-state index is 0.0314. The molecular formula is C21H16N6O4S. The summed E-state index contributed by atoms with van der Waals surface area (Å²) >= 11 is 5.48. The van der Waals surface area contributed by atoms with Gasteiger partial charge in [0.2, 0.25) is 4.77 Å². The van der Waals surface area contributed by atoms with Crippen LogP contribution < -0.4 is 5.32 Å². The van der Waals surface area contributed by atoms with Crippen LogP contribution in [0.4, 0.5) is 17.1 Å². The van der Waals surface area contributed by atoms with Gasteiger partial charge in [0.05, 0.1) is 15.5 Å². The standard InChI is InChI=1S/C21H16N6O4S/c28-26(29)17-12-10-15(11-13-17)20-23-21(32)24(25(20)16-6-2-1-3-7-16)14-22-18-8-4-5-9-19(18)27(30)31/h1-13,22H,14H2. The van der Waals surface area contributed by atoms with E-state index < -0.39 is 9.85 Å². The van der Waals surface area contributed by atoms with Crippen LogP contribution in [0.1, 0.15) is 0 Å². The van der Waals surface area contributed by atoms with Crippen LogP contribution in [0.5, 0.6) is 0 Å². The first-order valence-corrected chi connectivity index (χ1v) is 9.84. The molecule has 0 saturated heterocycles. The SMILES string of the molecule is O=[N+]([O-])c1ccc(-c2nc(=S)n(CNc3ccccc3[N+](=O)[O-])n2-c2ccccc2)cc1. The lowest BCUT2D eigenvalue weighted by Crippen LogP contribution is -2.18. The first kappa shape index (κ1) is 20.9. The highest BCUT2D eigenvalue weighted by atomic mass is 32.1. The monoisotopic (exact) mass is 448 g/mol. The zero-order chi connectivity index (χ0) is 22.7. The summed E-state index contributed by atoms with van der Waals surface area (Å²) in [7, 11) is 0. The zero-order valence-electron chi connectivity index (χ0n) is 16.5. The number of non-ortho nitro benzene ring substituents is 1. The Balaban J connectivity index is 1.79. The molecule has 0 atom stereocenters. The Morgan fingerprint density at radius 2 is 1.53 bits per heavy atom. The lowest BCUT2D eigenvalue weighted by Gasteiger charge is -2.15. The first-order chi connectivity index (χ1) is 15.5. The average Bonchev–Trinajstić information content (AvgIpc) is 3.14. The van der Waals surface area contributed by atoms with Gasteiger partial charge in [-0.3, -0.25) is 20.2 Å². The highest BCUT2D eigenvalue weighted by Gasteiger charge is 2.17. The van der Waals surface area contributed by atoms with Gasteiger partial charge in [0, 0.05) is 23.8 Å². The van der Waals surface area contributed by atoms with Gasteiger partial charge in [-0.2, -0.15) is 4.98 Å². The van der Waals surface area contributed by atoms with Crippen LogP contribution >= 0.6 is 12.2 Å². The van der Waals surface area contributed by atoms with E-state index in [0.717, 1.165) is 5.69 Å². The Kier molecular flexibility index (Phi) is 5.73. The molecule has 0 amide bonds. The van der Waals surface area contributed by atoms with Gasteiger partial charge in [-0.05, 0) is 42.5 Å². The molecule has 0 aliphatic rings. The number of para-hydroxylation sites is 3. The van der Waals surface area contributed by atoms with E-state index in [1.54, 1.807) is 39.7 Å². The number of benzene rings is 3. The van der Waals surface area contributed by atoms with Gasteiger partial charge in [-0.1, -0.05) is 30.3 Å². The average molecular weight is 448 g/mol. The molecule has 3 aromatic carbocycles. The van der Waals surface area contributed by atoms with Gasteiger partial charge in [0.25, 0.3) is 11.4 Å². The summed E-state index contributed by atoms with van der Waals surface area (Å²) in [5, 5.41) is 25.4. The van der Waals surface area contributed by atoms with Crippen molar-refractivity contribution in [3.63, 3.8) is 0 Å². The molecule has 1 aromatic heterocycles. The van der Waals surface area contributed by atoms with Crippen LogP contribution in [0.2, 0.25) is 0 Å². The summed E-state index contributed by atoms with van der Waals surface area (Å²) in [6.07, 6.45) is 0. The van der Waals surface area contributed by atoms with Crippen molar-refractivity contribution in [2.75, 3.05) is 5.32 Å². The topological polar surface area (TPSA) is 121 Å². The van der Waals surface area contributed by atoms with Crippen LogP contribution in [0.3, 0.4) is 0 Å². The molecule has 4 aromatic rings. The fourth-order valence-electron chi connectivity index (χ4n) is 3.23. The van der Waals surface area contributed by atoms with Crippen LogP contribution in [0.25, 0.3) is 17.1 Å². The number of nitro groups is 2. The third-order valence-corrected chi connectivity index (χ3v) is 5.02. The van der Waals surface area contributed by atoms with Gasteiger partial charge >= 0.3 is 0 Å². The number of aromatic nitrogens is 3. The number of hydrogen-bond acceptors (Lipinski definition) is 7. The van der Waals surface area contributed by atoms with E-state index in [2.05, 4.69) is 10.3 Å². The van der Waals surface area contributed by atoms with E-state index in [-0.39, 0.29) is 22.8 Å². The summed E-state index contributed by atoms with van der Waals surface area (Å²) in [4.78, 5) is 25.9. The predicted molar refractivity (Wildman–Crippen MR) is 121 cm³/mol. The quantitative estimate of drug-likeness (QED) is 0.241. The Morgan fingerprint density at radius 1 is 0.875 bits per heavy atom. The van der Waals surface area contributed by atoms with Crippen molar-refractivity contribution < 1.29 is 9.85 Å². The van der Waals surface area contributed by atoms with Gasteiger partial charge in [-0.15, -0.1) is 0 Å². The molecule has 0 saturated carbocycles. The first-order valence-electron chi connectivity index (χ1n) is 9.43. The number of rotatable bonds is 7. The van der Waals surface area contributed by atoms with Gasteiger partial charge in [-0.25, -0.2) is 9.36 Å². The Bertz CT molecular complexity index is 1350. The summed E-state index contributed by atoms with van der Waals surface area (Å²) in [5.41, 5.74) is 1.65. The third kappa shape index (κ3) is 4.09. The van der Waals surface area contributed by atoms with Crippen molar-refractivity contribution in [3.05, 3.63) is 104 Å². The van der Waals surface area contributed by atoms with E-state index in [0.29, 0.717) is 17.1 Å². The Labute approximate surface area is 186 Å². The van der Waals surface area contributed by atoms with E-state index in [9.17, 15) is 20.2 Å². The molecule has 0 unspecified atom stereocenters. The molecule has 32 heavy (non-hydrogen) atoms. The van der Waals surface area contributed by atoms with Crippen LogP contribution in [-0.4, -0.2) is 24.2 Å². The minimum Gasteiger partial charge on any atom is -0.361 e. The van der Waals surface area contributed by atoms with Crippen molar-refractivity contribution in [1.82, 2.24) is 14.3 Å². The second kappa shape index (κ2) is 8.78. The molecule has 160 valence electrons. The molecule has 0 aliphatic heterocycles. The molecule has 11 heteroatoms. The van der Waals surface area contributed by atoms with Crippen molar-refractivity contribution in [2.24, 2.45) is 0 Å². The Hall–Kier alpha value is -4.38. The maximum absolute atomic E-state index is 11.3. The third-order valence-electron chi connectivity index (χ3n) is 4.72. The van der Waals surface area contributed by atoms with Crippen molar-refractivity contribution in [3.8, 4) is 17.1 Å². The fourth-order valence-corrected chi connectivity index (χ4v) is 3.46. The molecule has 1 N–H and O–H groups in total. The molecule has 0 aliphatic carbocycles. The van der Waals surface area contributed by atoms with Crippen LogP contribution in [0, 0.1) is 25.0 Å². The lowest BCUT2D eigenvalue weighted by molar-refractivity contribution is -0.384. The smallest absolute Gasteiger partial charge is 0.292 e. The summed E-state index contributed by atoms with van der Waals surface area (Å²) in [6.45, 7) is 0.110. The second-order valence-electron chi connectivity index (χ2n) is 6.68. The molecule has 0 fully saturated rings.